The summed E-state index contributed by atoms with van der Waals surface area (Å²) in [4.78, 5) is -0.0262. The Bertz CT molecular complexity index is 745. The van der Waals surface area contributed by atoms with E-state index in [2.05, 4.69) is 25.8 Å². The molecule has 0 spiro atoms. The van der Waals surface area contributed by atoms with E-state index in [0.717, 1.165) is 15.6 Å². The molecule has 0 fully saturated rings. The molecule has 1 aromatic heterocycles. The van der Waals surface area contributed by atoms with Gasteiger partial charge in [-0.25, -0.2) is 8.42 Å². The van der Waals surface area contributed by atoms with E-state index in [-0.39, 0.29) is 10.7 Å². The molecule has 3 N–H and O–H groups in total. The number of nitrogens with one attached hydrogen (secondary N) is 1. The summed E-state index contributed by atoms with van der Waals surface area (Å²) >= 11 is 3.38. The fourth-order valence-corrected chi connectivity index (χ4v) is 3.95. The summed E-state index contributed by atoms with van der Waals surface area (Å²) in [5.41, 5.74) is 7.82. The van der Waals surface area contributed by atoms with Gasteiger partial charge in [0.2, 0.25) is 0 Å². The summed E-state index contributed by atoms with van der Waals surface area (Å²) in [5.74, 6) is -0.0209. The van der Waals surface area contributed by atoms with Gasteiger partial charge >= 0.3 is 0 Å². The van der Waals surface area contributed by atoms with Crippen molar-refractivity contribution in [2.45, 2.75) is 18.7 Å². The van der Waals surface area contributed by atoms with Crippen LogP contribution in [-0.4, -0.2) is 18.2 Å². The molecule has 0 saturated carbocycles. The van der Waals surface area contributed by atoms with E-state index in [0.29, 0.717) is 5.69 Å². The van der Waals surface area contributed by atoms with Crippen molar-refractivity contribution in [3.63, 3.8) is 0 Å². The molecular weight excluding hydrogens is 344 g/mol. The highest BCUT2D eigenvalue weighted by molar-refractivity contribution is 9.10. The van der Waals surface area contributed by atoms with Crippen molar-refractivity contribution in [1.82, 2.24) is 9.78 Å². The molecule has 1 aromatic carbocycles. The zero-order valence-corrected chi connectivity index (χ0v) is 13.7. The second-order valence-electron chi connectivity index (χ2n) is 4.57. The van der Waals surface area contributed by atoms with E-state index in [9.17, 15) is 8.42 Å². The largest absolute Gasteiger partial charge is 0.381 e. The van der Waals surface area contributed by atoms with Crippen molar-refractivity contribution in [3.05, 3.63) is 33.9 Å². The summed E-state index contributed by atoms with van der Waals surface area (Å²) in [6.07, 6.45) is 1.38. The van der Waals surface area contributed by atoms with Crippen LogP contribution in [0.15, 0.2) is 27.7 Å². The Morgan fingerprint density at radius 1 is 1.30 bits per heavy atom. The fraction of sp³-hybridized carbons (Fsp3) is 0.250. The molecule has 20 heavy (non-hydrogen) atoms. The minimum atomic E-state index is -3.75. The van der Waals surface area contributed by atoms with Crippen LogP contribution in [0, 0.1) is 13.8 Å². The highest BCUT2D eigenvalue weighted by atomic mass is 79.9. The maximum atomic E-state index is 12.4. The van der Waals surface area contributed by atoms with Gasteiger partial charge in [0.05, 0.1) is 5.69 Å². The number of hydrogen-bond acceptors (Lipinski definition) is 4. The van der Waals surface area contributed by atoms with Gasteiger partial charge in [0.25, 0.3) is 10.0 Å². The first kappa shape index (κ1) is 14.9. The van der Waals surface area contributed by atoms with Gasteiger partial charge in [0.15, 0.2) is 5.82 Å². The summed E-state index contributed by atoms with van der Waals surface area (Å²) in [6, 6.07) is 3.69. The Morgan fingerprint density at radius 3 is 2.30 bits per heavy atom. The lowest BCUT2D eigenvalue weighted by Crippen LogP contribution is -2.15. The summed E-state index contributed by atoms with van der Waals surface area (Å²) in [7, 11) is -2.14. The van der Waals surface area contributed by atoms with Crippen LogP contribution in [0.5, 0.6) is 0 Å². The predicted octanol–water partition coefficient (Wildman–Crippen LogP) is 2.18. The van der Waals surface area contributed by atoms with Gasteiger partial charge in [0.1, 0.15) is 4.90 Å². The summed E-state index contributed by atoms with van der Waals surface area (Å²) in [5, 5.41) is 3.85. The maximum absolute atomic E-state index is 12.4. The molecule has 1 heterocycles. The van der Waals surface area contributed by atoms with Crippen LogP contribution in [0.4, 0.5) is 11.5 Å². The molecule has 0 aliphatic carbocycles. The van der Waals surface area contributed by atoms with E-state index in [1.807, 2.05) is 26.0 Å². The van der Waals surface area contributed by atoms with E-state index in [1.165, 1.54) is 10.9 Å². The lowest BCUT2D eigenvalue weighted by atomic mass is 10.1. The second-order valence-corrected chi connectivity index (χ2v) is 7.14. The number of aromatic nitrogens is 2. The molecule has 0 radical (unpaired) electrons. The number of nitrogens with two attached hydrogens (primary N) is 1. The Hall–Kier alpha value is -1.54. The Kier molecular flexibility index (Phi) is 3.79. The number of aryl methyl sites for hydroxylation is 3. The number of rotatable bonds is 3. The number of sulfonamides is 1. The first-order chi connectivity index (χ1) is 9.20. The van der Waals surface area contributed by atoms with E-state index < -0.39 is 10.0 Å². The standard InChI is InChI=1S/C12H15BrN4O2S/c1-7-4-9(13)5-8(2)11(7)16-20(18,19)10-6-17(3)15-12(10)14/h4-6,16H,1-3H3,(H2,14,15). The molecule has 2 rings (SSSR count). The van der Waals surface area contributed by atoms with Crippen LogP contribution in [0.2, 0.25) is 0 Å². The average molecular weight is 359 g/mol. The third-order valence-corrected chi connectivity index (χ3v) is 4.67. The predicted molar refractivity (Wildman–Crippen MR) is 82.0 cm³/mol. The van der Waals surface area contributed by atoms with Crippen LogP contribution in [0.1, 0.15) is 11.1 Å². The van der Waals surface area contributed by atoms with Crippen LogP contribution >= 0.6 is 15.9 Å². The van der Waals surface area contributed by atoms with Crippen molar-refractivity contribution in [1.29, 1.82) is 0 Å². The quantitative estimate of drug-likeness (QED) is 0.879. The molecule has 2 aromatic rings. The number of hydrogen-bond donors (Lipinski definition) is 2. The SMILES string of the molecule is Cc1cc(Br)cc(C)c1NS(=O)(=O)c1cn(C)nc1N. The lowest BCUT2D eigenvalue weighted by molar-refractivity contribution is 0.601. The monoisotopic (exact) mass is 358 g/mol. The van der Waals surface area contributed by atoms with Crippen molar-refractivity contribution in [2.24, 2.45) is 7.05 Å². The molecule has 108 valence electrons. The van der Waals surface area contributed by atoms with E-state index in [1.54, 1.807) is 7.05 Å². The average Bonchev–Trinajstić information content (AvgIpc) is 2.64. The van der Waals surface area contributed by atoms with E-state index >= 15 is 0 Å². The Balaban J connectivity index is 2.46. The minimum absolute atomic E-state index is 0.0209. The van der Waals surface area contributed by atoms with Gasteiger partial charge in [-0.15, -0.1) is 0 Å². The van der Waals surface area contributed by atoms with Gasteiger partial charge < -0.3 is 5.73 Å². The smallest absolute Gasteiger partial charge is 0.267 e. The van der Waals surface area contributed by atoms with E-state index in [4.69, 9.17) is 5.73 Å². The highest BCUT2D eigenvalue weighted by Gasteiger charge is 2.22. The number of halogens is 1. The number of nitrogen functional groups attached to an aromatic ring is 1. The second kappa shape index (κ2) is 5.10. The normalized spacial score (nSPS) is 11.6. The summed E-state index contributed by atoms with van der Waals surface area (Å²) in [6.45, 7) is 3.67. The maximum Gasteiger partial charge on any atom is 0.267 e. The third-order valence-electron chi connectivity index (χ3n) is 2.85. The zero-order chi connectivity index (χ0) is 15.1. The van der Waals surface area contributed by atoms with Gasteiger partial charge in [-0.05, 0) is 37.1 Å². The van der Waals surface area contributed by atoms with Crippen molar-refractivity contribution in [3.8, 4) is 0 Å². The Morgan fingerprint density at radius 2 is 1.85 bits per heavy atom. The number of anilines is 2. The molecule has 0 saturated heterocycles. The minimum Gasteiger partial charge on any atom is -0.381 e. The number of benzene rings is 1. The van der Waals surface area contributed by atoms with Gasteiger partial charge in [-0.1, -0.05) is 15.9 Å². The molecule has 0 unspecified atom stereocenters. The highest BCUT2D eigenvalue weighted by Crippen LogP contribution is 2.28. The number of nitrogens with zero attached hydrogens (tertiary/aromatic N) is 2. The van der Waals surface area contributed by atoms with Crippen molar-refractivity contribution < 1.29 is 8.42 Å². The van der Waals surface area contributed by atoms with Gasteiger partial charge in [0, 0.05) is 17.7 Å². The molecule has 0 aliphatic heterocycles. The molecule has 8 heteroatoms. The molecule has 0 aliphatic rings. The fourth-order valence-electron chi connectivity index (χ4n) is 1.95. The first-order valence-corrected chi connectivity index (χ1v) is 8.07. The molecule has 0 atom stereocenters. The van der Waals surface area contributed by atoms with Gasteiger partial charge in [-0.3, -0.25) is 9.40 Å². The van der Waals surface area contributed by atoms with Crippen molar-refractivity contribution in [2.75, 3.05) is 10.5 Å². The zero-order valence-electron chi connectivity index (χ0n) is 11.3. The molecule has 0 bridgehead atoms. The van der Waals surface area contributed by atoms with Crippen LogP contribution in [0.25, 0.3) is 0 Å². The first-order valence-electron chi connectivity index (χ1n) is 5.79. The topological polar surface area (TPSA) is 90.0 Å². The van der Waals surface area contributed by atoms with Crippen LogP contribution in [0.3, 0.4) is 0 Å². The molecule has 6 nitrogen and oxygen atoms in total. The molecule has 0 amide bonds. The van der Waals surface area contributed by atoms with Crippen LogP contribution in [-0.2, 0) is 17.1 Å². The van der Waals surface area contributed by atoms with Crippen molar-refractivity contribution >= 4 is 37.5 Å². The molecular formula is C12H15BrN4O2S. The third kappa shape index (κ3) is 2.80. The summed E-state index contributed by atoms with van der Waals surface area (Å²) < 4.78 is 29.6. The van der Waals surface area contributed by atoms with Crippen LogP contribution < -0.4 is 10.5 Å². The lowest BCUT2D eigenvalue weighted by Gasteiger charge is -2.13. The Labute approximate surface area is 126 Å². The van der Waals surface area contributed by atoms with Gasteiger partial charge in [-0.2, -0.15) is 5.10 Å².